The molecule has 0 aliphatic carbocycles. The van der Waals surface area contributed by atoms with Gasteiger partial charge < -0.3 is 9.88 Å². The van der Waals surface area contributed by atoms with Gasteiger partial charge in [-0.15, -0.1) is 0 Å². The molecule has 0 saturated carbocycles. The minimum atomic E-state index is -0.368. The van der Waals surface area contributed by atoms with Crippen LogP contribution in [0.5, 0.6) is 0 Å². The predicted octanol–water partition coefficient (Wildman–Crippen LogP) is 1.76. The van der Waals surface area contributed by atoms with Gasteiger partial charge in [0.2, 0.25) is 0 Å². The Morgan fingerprint density at radius 3 is 3.00 bits per heavy atom. The van der Waals surface area contributed by atoms with Crippen molar-refractivity contribution < 1.29 is 4.39 Å². The van der Waals surface area contributed by atoms with Gasteiger partial charge in [0.05, 0.1) is 11.9 Å². The highest BCUT2D eigenvalue weighted by Gasteiger charge is 2.31. The summed E-state index contributed by atoms with van der Waals surface area (Å²) in [6.07, 6.45) is 2.32. The molecule has 4 heterocycles. The van der Waals surface area contributed by atoms with Crippen LogP contribution in [0.3, 0.4) is 0 Å². The van der Waals surface area contributed by atoms with Crippen LogP contribution in [0.25, 0.3) is 11.3 Å². The van der Waals surface area contributed by atoms with Crippen molar-refractivity contribution in [3.05, 3.63) is 52.3 Å². The number of rotatable bonds is 1. The molecule has 4 nitrogen and oxygen atoms in total. The topological polar surface area (TPSA) is 46.9 Å². The number of piperidine rings is 1. The maximum absolute atomic E-state index is 13.0. The summed E-state index contributed by atoms with van der Waals surface area (Å²) in [5, 5.41) is 3.43. The molecule has 2 bridgehead atoms. The minimum absolute atomic E-state index is 0.0187. The lowest BCUT2D eigenvalue weighted by atomic mass is 9.83. The number of halogens is 1. The van der Waals surface area contributed by atoms with Crippen molar-refractivity contribution in [2.24, 2.45) is 5.92 Å². The van der Waals surface area contributed by atoms with E-state index >= 15 is 0 Å². The van der Waals surface area contributed by atoms with Crippen LogP contribution in [0, 0.1) is 11.7 Å². The van der Waals surface area contributed by atoms with Crippen molar-refractivity contribution >= 4 is 0 Å². The Morgan fingerprint density at radius 2 is 2.19 bits per heavy atom. The highest BCUT2D eigenvalue weighted by atomic mass is 19.1. The molecule has 0 unspecified atom stereocenters. The van der Waals surface area contributed by atoms with E-state index in [1.54, 1.807) is 12.1 Å². The van der Waals surface area contributed by atoms with Crippen molar-refractivity contribution in [2.75, 3.05) is 13.1 Å². The van der Waals surface area contributed by atoms with Gasteiger partial charge in [0.1, 0.15) is 5.82 Å². The molecule has 4 rings (SSSR count). The van der Waals surface area contributed by atoms with Crippen molar-refractivity contribution in [1.29, 1.82) is 0 Å². The molecule has 1 N–H and O–H groups in total. The van der Waals surface area contributed by atoms with Crippen molar-refractivity contribution in [1.82, 2.24) is 14.9 Å². The molecule has 1 fully saturated rings. The SMILES string of the molecule is O=c1cc(-c2ccc(F)cn2)cc2n1C[C@@H]1CNC[C@H]2C1. The Bertz CT molecular complexity index is 738. The first-order valence-electron chi connectivity index (χ1n) is 7.28. The third-order valence-electron chi connectivity index (χ3n) is 4.48. The first-order chi connectivity index (χ1) is 10.2. The van der Waals surface area contributed by atoms with Gasteiger partial charge in [-0.2, -0.15) is 0 Å². The monoisotopic (exact) mass is 285 g/mol. The van der Waals surface area contributed by atoms with Gasteiger partial charge in [0.25, 0.3) is 5.56 Å². The van der Waals surface area contributed by atoms with Crippen molar-refractivity contribution in [3.8, 4) is 11.3 Å². The second-order valence-electron chi connectivity index (χ2n) is 5.94. The summed E-state index contributed by atoms with van der Waals surface area (Å²) in [6, 6.07) is 6.64. The van der Waals surface area contributed by atoms with Crippen LogP contribution in [0.1, 0.15) is 18.0 Å². The van der Waals surface area contributed by atoms with E-state index in [4.69, 9.17) is 0 Å². The molecule has 0 aromatic carbocycles. The molecule has 0 amide bonds. The van der Waals surface area contributed by atoms with E-state index in [9.17, 15) is 9.18 Å². The van der Waals surface area contributed by atoms with Gasteiger partial charge in [-0.1, -0.05) is 0 Å². The fourth-order valence-corrected chi connectivity index (χ4v) is 3.50. The molecular weight excluding hydrogens is 269 g/mol. The molecule has 0 spiro atoms. The molecule has 21 heavy (non-hydrogen) atoms. The first kappa shape index (κ1) is 12.7. The number of pyridine rings is 2. The Balaban J connectivity index is 1.83. The lowest BCUT2D eigenvalue weighted by Gasteiger charge is -2.37. The fourth-order valence-electron chi connectivity index (χ4n) is 3.50. The second-order valence-corrected chi connectivity index (χ2v) is 5.94. The molecule has 2 atom stereocenters. The molecule has 108 valence electrons. The van der Waals surface area contributed by atoms with Crippen LogP contribution in [0.2, 0.25) is 0 Å². The lowest BCUT2D eigenvalue weighted by Crippen LogP contribution is -2.44. The van der Waals surface area contributed by atoms with Gasteiger partial charge in [-0.25, -0.2) is 4.39 Å². The Kier molecular flexibility index (Phi) is 2.89. The fraction of sp³-hybridized carbons (Fsp3) is 0.375. The standard InChI is InChI=1S/C16H16FN3O/c17-13-1-2-14(19-8-13)11-4-15-12-3-10(6-18-7-12)9-20(15)16(21)5-11/h1-2,4-5,8,10,12,18H,3,6-7,9H2/t10-,12+/m0/s1. The van der Waals surface area contributed by atoms with E-state index in [-0.39, 0.29) is 11.4 Å². The smallest absolute Gasteiger partial charge is 0.251 e. The summed E-state index contributed by atoms with van der Waals surface area (Å²) in [4.78, 5) is 16.5. The zero-order valence-electron chi connectivity index (χ0n) is 11.6. The summed E-state index contributed by atoms with van der Waals surface area (Å²) in [6.45, 7) is 2.69. The maximum Gasteiger partial charge on any atom is 0.251 e. The van der Waals surface area contributed by atoms with Crippen LogP contribution in [0.4, 0.5) is 4.39 Å². The van der Waals surface area contributed by atoms with E-state index in [0.717, 1.165) is 37.3 Å². The Hall–Kier alpha value is -2.01. The van der Waals surface area contributed by atoms with E-state index < -0.39 is 0 Å². The van der Waals surface area contributed by atoms with Gasteiger partial charge in [-0.05, 0) is 37.1 Å². The average Bonchev–Trinajstić information content (AvgIpc) is 2.49. The molecule has 2 aliphatic rings. The molecule has 0 radical (unpaired) electrons. The minimum Gasteiger partial charge on any atom is -0.316 e. The highest BCUT2D eigenvalue weighted by molar-refractivity contribution is 5.59. The summed E-state index contributed by atoms with van der Waals surface area (Å²) in [5.74, 6) is 0.557. The molecule has 1 saturated heterocycles. The number of hydrogen-bond donors (Lipinski definition) is 1. The highest BCUT2D eigenvalue weighted by Crippen LogP contribution is 2.33. The number of nitrogens with zero attached hydrogens (tertiary/aromatic N) is 2. The van der Waals surface area contributed by atoms with E-state index in [1.165, 1.54) is 12.3 Å². The quantitative estimate of drug-likeness (QED) is 0.868. The van der Waals surface area contributed by atoms with Gasteiger partial charge in [-0.3, -0.25) is 9.78 Å². The third-order valence-corrected chi connectivity index (χ3v) is 4.48. The molecule has 5 heteroatoms. The second kappa shape index (κ2) is 4.77. The number of nitrogens with one attached hydrogen (secondary N) is 1. The third kappa shape index (κ3) is 2.17. The van der Waals surface area contributed by atoms with Crippen molar-refractivity contribution in [3.63, 3.8) is 0 Å². The summed E-state index contributed by atoms with van der Waals surface area (Å²) in [5.41, 5.74) is 2.51. The molecule has 2 aromatic rings. The predicted molar refractivity (Wildman–Crippen MR) is 77.6 cm³/mol. The number of fused-ring (bicyclic) bond motifs is 4. The Morgan fingerprint density at radius 1 is 1.29 bits per heavy atom. The van der Waals surface area contributed by atoms with Crippen LogP contribution in [0.15, 0.2) is 35.3 Å². The van der Waals surface area contributed by atoms with Crippen molar-refractivity contribution in [2.45, 2.75) is 18.9 Å². The van der Waals surface area contributed by atoms with Gasteiger partial charge >= 0.3 is 0 Å². The van der Waals surface area contributed by atoms with Gasteiger partial charge in [0.15, 0.2) is 0 Å². The maximum atomic E-state index is 13.0. The lowest BCUT2D eigenvalue weighted by molar-refractivity contribution is 0.257. The largest absolute Gasteiger partial charge is 0.316 e. The zero-order valence-corrected chi connectivity index (χ0v) is 11.6. The summed E-state index contributed by atoms with van der Waals surface area (Å²) < 4.78 is 14.9. The summed E-state index contributed by atoms with van der Waals surface area (Å²) >= 11 is 0. The van der Waals surface area contributed by atoms with E-state index in [0.29, 0.717) is 17.5 Å². The summed E-state index contributed by atoms with van der Waals surface area (Å²) in [7, 11) is 0. The van der Waals surface area contributed by atoms with E-state index in [2.05, 4.69) is 10.3 Å². The normalized spacial score (nSPS) is 23.7. The van der Waals surface area contributed by atoms with Gasteiger partial charge in [0, 0.05) is 36.3 Å². The van der Waals surface area contributed by atoms with Crippen LogP contribution in [-0.2, 0) is 6.54 Å². The van der Waals surface area contributed by atoms with Crippen LogP contribution < -0.4 is 10.9 Å². The first-order valence-corrected chi connectivity index (χ1v) is 7.28. The van der Waals surface area contributed by atoms with Crippen LogP contribution in [-0.4, -0.2) is 22.6 Å². The van der Waals surface area contributed by atoms with Crippen LogP contribution >= 0.6 is 0 Å². The Labute approximate surface area is 121 Å². The average molecular weight is 285 g/mol. The molecule has 2 aromatic heterocycles. The van der Waals surface area contributed by atoms with E-state index in [1.807, 2.05) is 10.6 Å². The molecular formula is C16H16FN3O. The number of hydrogen-bond acceptors (Lipinski definition) is 3. The zero-order chi connectivity index (χ0) is 14.4. The molecule has 2 aliphatic heterocycles. The number of aromatic nitrogens is 2.